The maximum absolute atomic E-state index is 12.5. The molecule has 0 unspecified atom stereocenters. The number of rotatable bonds is 4. The van der Waals surface area contributed by atoms with E-state index in [2.05, 4.69) is 0 Å². The quantitative estimate of drug-likeness (QED) is 0.534. The van der Waals surface area contributed by atoms with Crippen LogP contribution in [0.15, 0.2) is 72.8 Å². The average Bonchev–Trinajstić information content (AvgIpc) is 3.03. The number of fused-ring (bicyclic) bond motifs is 1. The van der Waals surface area contributed by atoms with E-state index in [0.29, 0.717) is 18.8 Å². The lowest BCUT2D eigenvalue weighted by molar-refractivity contribution is -0.139. The predicted octanol–water partition coefficient (Wildman–Crippen LogP) is 3.79. The molecule has 1 saturated heterocycles. The van der Waals surface area contributed by atoms with Crippen LogP contribution in [0.5, 0.6) is 5.75 Å². The van der Waals surface area contributed by atoms with E-state index < -0.39 is 5.92 Å². The first-order valence-electron chi connectivity index (χ1n) is 8.71. The van der Waals surface area contributed by atoms with Crippen molar-refractivity contribution in [3.63, 3.8) is 0 Å². The maximum Gasteiger partial charge on any atom is 0.316 e. The number of hydrogen-bond donors (Lipinski definition) is 0. The van der Waals surface area contributed by atoms with Crippen LogP contribution in [0.3, 0.4) is 0 Å². The summed E-state index contributed by atoms with van der Waals surface area (Å²) in [5.74, 6) is -0.251. The largest absolute Gasteiger partial charge is 0.426 e. The number of benzene rings is 3. The highest BCUT2D eigenvalue weighted by Crippen LogP contribution is 2.25. The molecule has 4 heteroatoms. The molecule has 130 valence electrons. The second kappa shape index (κ2) is 7.00. The van der Waals surface area contributed by atoms with Crippen LogP contribution < -0.4 is 4.74 Å². The lowest BCUT2D eigenvalue weighted by atomic mass is 10.1. The molecule has 1 atom stereocenters. The van der Waals surface area contributed by atoms with E-state index in [1.54, 1.807) is 11.0 Å². The van der Waals surface area contributed by atoms with E-state index in [-0.39, 0.29) is 18.3 Å². The SMILES string of the molecule is O=C(Oc1ccc2ccccc2c1)[C@@H]1CC(=O)N(Cc2ccccc2)C1. The molecule has 1 aliphatic rings. The first-order chi connectivity index (χ1) is 12.7. The van der Waals surface area contributed by atoms with E-state index >= 15 is 0 Å². The molecule has 0 spiro atoms. The number of likely N-dealkylation sites (tertiary alicyclic amines) is 1. The third-order valence-electron chi connectivity index (χ3n) is 4.70. The number of carbonyl (C=O) groups is 2. The highest BCUT2D eigenvalue weighted by atomic mass is 16.5. The van der Waals surface area contributed by atoms with Gasteiger partial charge in [0, 0.05) is 19.5 Å². The van der Waals surface area contributed by atoms with Crippen LogP contribution >= 0.6 is 0 Å². The van der Waals surface area contributed by atoms with Gasteiger partial charge in [0.1, 0.15) is 5.75 Å². The van der Waals surface area contributed by atoms with Crippen molar-refractivity contribution < 1.29 is 14.3 Å². The summed E-state index contributed by atoms with van der Waals surface area (Å²) in [4.78, 5) is 26.5. The molecule has 0 saturated carbocycles. The molecule has 3 aromatic carbocycles. The number of carbonyl (C=O) groups excluding carboxylic acids is 2. The van der Waals surface area contributed by atoms with Crippen molar-refractivity contribution in [3.05, 3.63) is 78.4 Å². The fraction of sp³-hybridized carbons (Fsp3) is 0.182. The lowest BCUT2D eigenvalue weighted by Gasteiger charge is -2.16. The Bertz CT molecular complexity index is 952. The standard InChI is InChI=1S/C22H19NO3/c24-21-13-19(15-23(21)14-16-6-2-1-3-7-16)22(25)26-20-11-10-17-8-4-5-9-18(17)12-20/h1-12,19H,13-15H2/t19-/m1/s1. The predicted molar refractivity (Wildman–Crippen MR) is 99.5 cm³/mol. The Morgan fingerprint density at radius 3 is 2.50 bits per heavy atom. The van der Waals surface area contributed by atoms with Gasteiger partial charge in [-0.3, -0.25) is 9.59 Å². The van der Waals surface area contributed by atoms with Gasteiger partial charge in [-0.25, -0.2) is 0 Å². The molecule has 3 aromatic rings. The summed E-state index contributed by atoms with van der Waals surface area (Å²) < 4.78 is 5.54. The van der Waals surface area contributed by atoms with Gasteiger partial charge in [0.15, 0.2) is 0 Å². The minimum Gasteiger partial charge on any atom is -0.426 e. The van der Waals surface area contributed by atoms with Crippen molar-refractivity contribution in [1.29, 1.82) is 0 Å². The van der Waals surface area contributed by atoms with Gasteiger partial charge in [0.25, 0.3) is 0 Å². The van der Waals surface area contributed by atoms with Crippen molar-refractivity contribution in [3.8, 4) is 5.75 Å². The van der Waals surface area contributed by atoms with Gasteiger partial charge < -0.3 is 9.64 Å². The first-order valence-corrected chi connectivity index (χ1v) is 8.71. The van der Waals surface area contributed by atoms with Crippen molar-refractivity contribution in [2.24, 2.45) is 5.92 Å². The molecule has 4 rings (SSSR count). The van der Waals surface area contributed by atoms with Gasteiger partial charge in [0.05, 0.1) is 5.92 Å². The second-order valence-corrected chi connectivity index (χ2v) is 6.59. The zero-order valence-electron chi connectivity index (χ0n) is 14.3. The minimum absolute atomic E-state index is 0.00526. The van der Waals surface area contributed by atoms with Crippen LogP contribution in [-0.4, -0.2) is 23.3 Å². The summed E-state index contributed by atoms with van der Waals surface area (Å²) in [6.45, 7) is 0.930. The van der Waals surface area contributed by atoms with E-state index in [1.165, 1.54) is 0 Å². The number of amides is 1. The molecule has 1 amide bonds. The maximum atomic E-state index is 12.5. The molecule has 1 heterocycles. The Morgan fingerprint density at radius 1 is 0.962 bits per heavy atom. The molecule has 0 bridgehead atoms. The molecule has 0 radical (unpaired) electrons. The number of ether oxygens (including phenoxy) is 1. The van der Waals surface area contributed by atoms with Gasteiger partial charge in [-0.05, 0) is 28.5 Å². The van der Waals surface area contributed by atoms with Gasteiger partial charge in [-0.2, -0.15) is 0 Å². The normalized spacial score (nSPS) is 16.8. The van der Waals surface area contributed by atoms with E-state index in [9.17, 15) is 9.59 Å². The summed E-state index contributed by atoms with van der Waals surface area (Å²) in [6, 6.07) is 23.3. The van der Waals surface area contributed by atoms with E-state index in [0.717, 1.165) is 16.3 Å². The highest BCUT2D eigenvalue weighted by molar-refractivity contribution is 5.88. The molecule has 4 nitrogen and oxygen atoms in total. The van der Waals surface area contributed by atoms with E-state index in [1.807, 2.05) is 66.7 Å². The molecule has 26 heavy (non-hydrogen) atoms. The van der Waals surface area contributed by atoms with Crippen molar-refractivity contribution in [2.75, 3.05) is 6.54 Å². The Balaban J connectivity index is 1.42. The molecule has 0 aromatic heterocycles. The van der Waals surface area contributed by atoms with Gasteiger partial charge in [-0.15, -0.1) is 0 Å². The zero-order valence-corrected chi connectivity index (χ0v) is 14.3. The fourth-order valence-corrected chi connectivity index (χ4v) is 3.32. The molecular formula is C22H19NO3. The third kappa shape index (κ3) is 3.45. The van der Waals surface area contributed by atoms with E-state index in [4.69, 9.17) is 4.74 Å². The van der Waals surface area contributed by atoms with Crippen LogP contribution in [-0.2, 0) is 16.1 Å². The summed E-state index contributed by atoms with van der Waals surface area (Å²) in [6.07, 6.45) is 0.208. The van der Waals surface area contributed by atoms with Crippen molar-refractivity contribution in [2.45, 2.75) is 13.0 Å². The first kappa shape index (κ1) is 16.3. The smallest absolute Gasteiger partial charge is 0.316 e. The molecular weight excluding hydrogens is 326 g/mol. The highest BCUT2D eigenvalue weighted by Gasteiger charge is 2.35. The van der Waals surface area contributed by atoms with Crippen molar-refractivity contribution >= 4 is 22.6 Å². The van der Waals surface area contributed by atoms with Crippen LogP contribution in [0.2, 0.25) is 0 Å². The topological polar surface area (TPSA) is 46.6 Å². The number of hydrogen-bond acceptors (Lipinski definition) is 3. The molecule has 1 fully saturated rings. The van der Waals surface area contributed by atoms with Gasteiger partial charge in [0.2, 0.25) is 5.91 Å². The average molecular weight is 345 g/mol. The van der Waals surface area contributed by atoms with Crippen molar-refractivity contribution in [1.82, 2.24) is 4.90 Å². The third-order valence-corrected chi connectivity index (χ3v) is 4.70. The summed E-state index contributed by atoms with van der Waals surface area (Å²) in [7, 11) is 0. The monoisotopic (exact) mass is 345 g/mol. The summed E-state index contributed by atoms with van der Waals surface area (Å²) in [5.41, 5.74) is 1.06. The van der Waals surface area contributed by atoms with Crippen LogP contribution in [0.25, 0.3) is 10.8 Å². The number of nitrogens with zero attached hydrogens (tertiary/aromatic N) is 1. The zero-order chi connectivity index (χ0) is 17.9. The Morgan fingerprint density at radius 2 is 1.69 bits per heavy atom. The molecule has 1 aliphatic heterocycles. The Hall–Kier alpha value is -3.14. The Labute approximate surface area is 152 Å². The summed E-state index contributed by atoms with van der Waals surface area (Å²) >= 11 is 0. The van der Waals surface area contributed by atoms with Gasteiger partial charge >= 0.3 is 5.97 Å². The molecule has 0 aliphatic carbocycles. The van der Waals surface area contributed by atoms with Gasteiger partial charge in [-0.1, -0.05) is 60.7 Å². The minimum atomic E-state index is -0.419. The second-order valence-electron chi connectivity index (χ2n) is 6.59. The fourth-order valence-electron chi connectivity index (χ4n) is 3.32. The molecule has 0 N–H and O–H groups in total. The Kier molecular flexibility index (Phi) is 4.40. The van der Waals surface area contributed by atoms with Crippen LogP contribution in [0.1, 0.15) is 12.0 Å². The van der Waals surface area contributed by atoms with Crippen LogP contribution in [0.4, 0.5) is 0 Å². The van der Waals surface area contributed by atoms with Crippen LogP contribution in [0, 0.1) is 5.92 Å². The lowest BCUT2D eigenvalue weighted by Crippen LogP contribution is -2.27. The summed E-state index contributed by atoms with van der Waals surface area (Å²) in [5, 5.41) is 2.11. The number of esters is 1.